The predicted molar refractivity (Wildman–Crippen MR) is 69.3 cm³/mol. The van der Waals surface area contributed by atoms with Crippen LogP contribution in [-0.2, 0) is 21.9 Å². The van der Waals surface area contributed by atoms with Gasteiger partial charge in [-0.25, -0.2) is 18.1 Å². The van der Waals surface area contributed by atoms with Crippen LogP contribution in [0.1, 0.15) is 19.3 Å². The van der Waals surface area contributed by atoms with Crippen LogP contribution in [0.5, 0.6) is 0 Å². The van der Waals surface area contributed by atoms with Gasteiger partial charge in [0.25, 0.3) is 10.0 Å². The van der Waals surface area contributed by atoms with E-state index in [2.05, 4.69) is 9.71 Å². The molecule has 20 heavy (non-hydrogen) atoms. The summed E-state index contributed by atoms with van der Waals surface area (Å²) in [4.78, 5) is 15.2. The number of hydrogen-bond acceptors (Lipinski definition) is 4. The van der Waals surface area contributed by atoms with E-state index in [0.717, 1.165) is 19.3 Å². The molecule has 1 heterocycles. The molecule has 2 bridgehead atoms. The minimum Gasteiger partial charge on any atom is -0.481 e. The third-order valence-electron chi connectivity index (χ3n) is 4.45. The van der Waals surface area contributed by atoms with Gasteiger partial charge < -0.3 is 9.67 Å². The minimum atomic E-state index is -3.76. The lowest BCUT2D eigenvalue weighted by molar-refractivity contribution is -0.144. The van der Waals surface area contributed by atoms with E-state index < -0.39 is 28.0 Å². The summed E-state index contributed by atoms with van der Waals surface area (Å²) in [6, 6.07) is -0.516. The fourth-order valence-corrected chi connectivity index (χ4v) is 4.89. The highest BCUT2D eigenvalue weighted by molar-refractivity contribution is 7.89. The number of hydrogen-bond donors (Lipinski definition) is 2. The second kappa shape index (κ2) is 4.56. The molecule has 2 fully saturated rings. The summed E-state index contributed by atoms with van der Waals surface area (Å²) in [5, 5.41) is 9.26. The Morgan fingerprint density at radius 1 is 1.45 bits per heavy atom. The maximum Gasteiger partial charge on any atom is 0.308 e. The van der Waals surface area contributed by atoms with Crippen LogP contribution in [0.2, 0.25) is 0 Å². The third kappa shape index (κ3) is 2.12. The zero-order valence-corrected chi connectivity index (χ0v) is 11.9. The molecule has 0 aromatic carbocycles. The number of rotatable bonds is 4. The van der Waals surface area contributed by atoms with Crippen molar-refractivity contribution in [3.05, 3.63) is 12.5 Å². The van der Waals surface area contributed by atoms with Gasteiger partial charge in [-0.2, -0.15) is 0 Å². The van der Waals surface area contributed by atoms with Crippen LogP contribution in [-0.4, -0.2) is 35.1 Å². The quantitative estimate of drug-likeness (QED) is 0.827. The number of carboxylic acids is 1. The summed E-state index contributed by atoms with van der Waals surface area (Å²) < 4.78 is 28.6. The number of carbonyl (C=O) groups is 1. The summed E-state index contributed by atoms with van der Waals surface area (Å²) in [5.74, 6) is -1.31. The van der Waals surface area contributed by atoms with Crippen molar-refractivity contribution in [3.8, 4) is 0 Å². The highest BCUT2D eigenvalue weighted by atomic mass is 32.2. The Morgan fingerprint density at radius 3 is 2.75 bits per heavy atom. The highest BCUT2D eigenvalue weighted by Gasteiger charge is 2.52. The van der Waals surface area contributed by atoms with E-state index in [9.17, 15) is 18.3 Å². The lowest BCUT2D eigenvalue weighted by atomic mass is 9.85. The molecule has 8 heteroatoms. The second-order valence-corrected chi connectivity index (χ2v) is 7.38. The first-order chi connectivity index (χ1) is 9.38. The van der Waals surface area contributed by atoms with Crippen LogP contribution >= 0.6 is 0 Å². The van der Waals surface area contributed by atoms with E-state index in [-0.39, 0.29) is 16.9 Å². The molecule has 0 amide bonds. The van der Waals surface area contributed by atoms with Crippen LogP contribution in [0.3, 0.4) is 0 Å². The predicted octanol–water partition coefficient (Wildman–Crippen LogP) is 0.198. The van der Waals surface area contributed by atoms with Gasteiger partial charge in [-0.15, -0.1) is 0 Å². The van der Waals surface area contributed by atoms with Crippen molar-refractivity contribution in [2.24, 2.45) is 24.8 Å². The number of sulfonamides is 1. The van der Waals surface area contributed by atoms with Gasteiger partial charge in [-0.1, -0.05) is 0 Å². The van der Waals surface area contributed by atoms with Gasteiger partial charge in [0, 0.05) is 19.3 Å². The van der Waals surface area contributed by atoms with Crippen molar-refractivity contribution in [2.45, 2.75) is 30.3 Å². The number of aromatic nitrogens is 2. The Hall–Kier alpha value is -1.41. The Bertz CT molecular complexity index is 639. The molecule has 0 spiro atoms. The number of aryl methyl sites for hydroxylation is 1. The van der Waals surface area contributed by atoms with Gasteiger partial charge in [0.05, 0.1) is 12.2 Å². The molecule has 0 saturated heterocycles. The normalized spacial score (nSPS) is 32.6. The molecular formula is C12H17N3O4S. The van der Waals surface area contributed by atoms with E-state index in [4.69, 9.17) is 0 Å². The number of carboxylic acid groups (broad SMARTS) is 1. The van der Waals surface area contributed by atoms with Crippen LogP contribution in [0, 0.1) is 17.8 Å². The summed E-state index contributed by atoms with van der Waals surface area (Å²) in [6.07, 6.45) is 5.38. The molecule has 1 aromatic rings. The largest absolute Gasteiger partial charge is 0.481 e. The Balaban J connectivity index is 1.85. The number of imidazole rings is 1. The summed E-state index contributed by atoms with van der Waals surface area (Å²) in [6.45, 7) is 0. The summed E-state index contributed by atoms with van der Waals surface area (Å²) in [7, 11) is -2.07. The Kier molecular flexibility index (Phi) is 3.09. The molecule has 0 radical (unpaired) electrons. The zero-order valence-electron chi connectivity index (χ0n) is 11.1. The number of nitrogens with one attached hydrogen (secondary N) is 1. The topological polar surface area (TPSA) is 101 Å². The van der Waals surface area contributed by atoms with E-state index in [0.29, 0.717) is 0 Å². The van der Waals surface area contributed by atoms with Crippen molar-refractivity contribution >= 4 is 16.0 Å². The molecule has 110 valence electrons. The van der Waals surface area contributed by atoms with Crippen molar-refractivity contribution in [3.63, 3.8) is 0 Å². The average molecular weight is 299 g/mol. The summed E-state index contributed by atoms with van der Waals surface area (Å²) in [5.41, 5.74) is 0. The lowest BCUT2D eigenvalue weighted by Crippen LogP contribution is -2.46. The van der Waals surface area contributed by atoms with Crippen molar-refractivity contribution in [1.82, 2.24) is 14.3 Å². The third-order valence-corrected chi connectivity index (χ3v) is 5.79. The monoisotopic (exact) mass is 299 g/mol. The zero-order chi connectivity index (χ0) is 14.5. The van der Waals surface area contributed by atoms with Crippen molar-refractivity contribution in [2.75, 3.05) is 0 Å². The van der Waals surface area contributed by atoms with Crippen LogP contribution in [0.4, 0.5) is 0 Å². The molecule has 0 aliphatic heterocycles. The van der Waals surface area contributed by atoms with E-state index in [1.54, 1.807) is 11.6 Å². The van der Waals surface area contributed by atoms with Gasteiger partial charge in [0.1, 0.15) is 0 Å². The first kappa shape index (κ1) is 13.6. The number of nitrogens with zero attached hydrogens (tertiary/aromatic N) is 2. The molecule has 1 aromatic heterocycles. The smallest absolute Gasteiger partial charge is 0.308 e. The fraction of sp³-hybridized carbons (Fsp3) is 0.667. The molecule has 4 unspecified atom stereocenters. The van der Waals surface area contributed by atoms with Crippen LogP contribution in [0.15, 0.2) is 17.6 Å². The van der Waals surface area contributed by atoms with Crippen LogP contribution in [0.25, 0.3) is 0 Å². The van der Waals surface area contributed by atoms with E-state index in [1.165, 1.54) is 12.5 Å². The molecule has 2 N–H and O–H groups in total. The molecule has 3 rings (SSSR count). The van der Waals surface area contributed by atoms with Gasteiger partial charge in [0.2, 0.25) is 0 Å². The molecule has 7 nitrogen and oxygen atoms in total. The fourth-order valence-electron chi connectivity index (χ4n) is 3.58. The average Bonchev–Trinajstić information content (AvgIpc) is 3.02. The Labute approximate surface area is 117 Å². The SMILES string of the molecule is Cn1cnc(S(=O)(=O)NC2C3CCC(C3)C2C(=O)O)c1. The molecular weight excluding hydrogens is 282 g/mol. The molecule has 2 aliphatic carbocycles. The van der Waals surface area contributed by atoms with Gasteiger partial charge in [-0.3, -0.25) is 4.79 Å². The lowest BCUT2D eigenvalue weighted by Gasteiger charge is -2.28. The Morgan fingerprint density at radius 2 is 2.15 bits per heavy atom. The maximum absolute atomic E-state index is 12.3. The number of aliphatic carboxylic acids is 1. The van der Waals surface area contributed by atoms with E-state index in [1.807, 2.05) is 0 Å². The highest BCUT2D eigenvalue weighted by Crippen LogP contribution is 2.48. The van der Waals surface area contributed by atoms with Gasteiger partial charge >= 0.3 is 5.97 Å². The summed E-state index contributed by atoms with van der Waals surface area (Å²) >= 11 is 0. The van der Waals surface area contributed by atoms with Gasteiger partial charge in [0.15, 0.2) is 5.03 Å². The maximum atomic E-state index is 12.3. The first-order valence-corrected chi connectivity index (χ1v) is 8.10. The van der Waals surface area contributed by atoms with Crippen molar-refractivity contribution < 1.29 is 18.3 Å². The number of fused-ring (bicyclic) bond motifs is 2. The molecule has 4 atom stereocenters. The standard InChI is InChI=1S/C12H17N3O4S/c1-15-5-9(13-6-15)20(18,19)14-11-8-3-2-7(4-8)10(11)12(16)17/h5-8,10-11,14H,2-4H2,1H3,(H,16,17). The van der Waals surface area contributed by atoms with Crippen LogP contribution < -0.4 is 4.72 Å². The minimum absolute atomic E-state index is 0.0630. The molecule has 2 saturated carbocycles. The molecule has 2 aliphatic rings. The van der Waals surface area contributed by atoms with Gasteiger partial charge in [-0.05, 0) is 31.1 Å². The van der Waals surface area contributed by atoms with E-state index >= 15 is 0 Å². The second-order valence-electron chi connectivity index (χ2n) is 5.72. The van der Waals surface area contributed by atoms with Crippen molar-refractivity contribution in [1.29, 1.82) is 0 Å². The first-order valence-electron chi connectivity index (χ1n) is 6.61.